The summed E-state index contributed by atoms with van der Waals surface area (Å²) in [6, 6.07) is 4.44. The Kier molecular flexibility index (Phi) is 3.83. The molecule has 0 bridgehead atoms. The number of carbonyl (C=O) groups excluding carboxylic acids is 1. The quantitative estimate of drug-likeness (QED) is 0.878. The number of hydrogen-bond donors (Lipinski definition) is 2. The van der Waals surface area contributed by atoms with Gasteiger partial charge in [0.15, 0.2) is 0 Å². The van der Waals surface area contributed by atoms with Gasteiger partial charge in [0.1, 0.15) is 5.69 Å². The highest BCUT2D eigenvalue weighted by Gasteiger charge is 2.16. The fraction of sp³-hybridized carbons (Fsp3) is 0.357. The highest BCUT2D eigenvalue weighted by atomic mass is 16.5. The van der Waals surface area contributed by atoms with Crippen molar-refractivity contribution in [2.45, 2.75) is 25.5 Å². The van der Waals surface area contributed by atoms with Crippen molar-refractivity contribution in [1.29, 1.82) is 0 Å². The Hall–Kier alpha value is -2.41. The lowest BCUT2D eigenvalue weighted by Crippen LogP contribution is -2.18. The van der Waals surface area contributed by atoms with Gasteiger partial charge in [0.25, 0.3) is 5.91 Å². The summed E-state index contributed by atoms with van der Waals surface area (Å²) in [5.41, 5.74) is 0.494. The van der Waals surface area contributed by atoms with E-state index in [9.17, 15) is 9.59 Å². The summed E-state index contributed by atoms with van der Waals surface area (Å²) in [5.74, 6) is -0.371. The third kappa shape index (κ3) is 3.38. The first-order valence-corrected chi connectivity index (χ1v) is 6.85. The van der Waals surface area contributed by atoms with Crippen LogP contribution in [0.1, 0.15) is 23.3 Å². The Morgan fingerprint density at radius 3 is 3.19 bits per heavy atom. The zero-order chi connectivity index (χ0) is 14.7. The van der Waals surface area contributed by atoms with Crippen LogP contribution in [-0.2, 0) is 11.3 Å². The third-order valence-electron chi connectivity index (χ3n) is 3.32. The van der Waals surface area contributed by atoms with Crippen molar-refractivity contribution in [3.63, 3.8) is 0 Å². The van der Waals surface area contributed by atoms with Crippen molar-refractivity contribution >= 4 is 11.6 Å². The highest BCUT2D eigenvalue weighted by molar-refractivity contribution is 6.02. The maximum absolute atomic E-state index is 12.0. The molecule has 2 aromatic rings. The van der Waals surface area contributed by atoms with Crippen LogP contribution in [0.25, 0.3) is 0 Å². The predicted molar refractivity (Wildman–Crippen MR) is 76.2 cm³/mol. The van der Waals surface area contributed by atoms with E-state index in [1.807, 2.05) is 0 Å². The van der Waals surface area contributed by atoms with Gasteiger partial charge in [0, 0.05) is 18.9 Å². The van der Waals surface area contributed by atoms with Crippen LogP contribution in [-0.4, -0.2) is 33.4 Å². The molecule has 3 heterocycles. The molecule has 1 fully saturated rings. The van der Waals surface area contributed by atoms with E-state index >= 15 is 0 Å². The minimum Gasteiger partial charge on any atom is -0.376 e. The zero-order valence-electron chi connectivity index (χ0n) is 11.4. The molecule has 0 saturated carbocycles. The van der Waals surface area contributed by atoms with Crippen LogP contribution in [0.4, 0.5) is 5.69 Å². The van der Waals surface area contributed by atoms with E-state index in [0.29, 0.717) is 12.2 Å². The average molecular weight is 288 g/mol. The van der Waals surface area contributed by atoms with Gasteiger partial charge < -0.3 is 15.0 Å². The van der Waals surface area contributed by atoms with Gasteiger partial charge in [-0.05, 0) is 18.9 Å². The van der Waals surface area contributed by atoms with Gasteiger partial charge >= 0.3 is 0 Å². The SMILES string of the molecule is O=C(Nc1cnn(CC2CCCO2)c1)c1cccc(=O)[nH]1. The molecule has 7 heteroatoms. The van der Waals surface area contributed by atoms with Crippen molar-refractivity contribution in [2.75, 3.05) is 11.9 Å². The van der Waals surface area contributed by atoms with Gasteiger partial charge in [-0.1, -0.05) is 6.07 Å². The Morgan fingerprint density at radius 2 is 2.43 bits per heavy atom. The Morgan fingerprint density at radius 1 is 1.52 bits per heavy atom. The van der Waals surface area contributed by atoms with Gasteiger partial charge in [-0.15, -0.1) is 0 Å². The van der Waals surface area contributed by atoms with E-state index in [-0.39, 0.29) is 23.3 Å². The summed E-state index contributed by atoms with van der Waals surface area (Å²) in [6.45, 7) is 1.48. The highest BCUT2D eigenvalue weighted by Crippen LogP contribution is 2.15. The van der Waals surface area contributed by atoms with Crippen molar-refractivity contribution in [1.82, 2.24) is 14.8 Å². The van der Waals surface area contributed by atoms with E-state index in [1.165, 1.54) is 12.1 Å². The van der Waals surface area contributed by atoms with E-state index in [2.05, 4.69) is 15.4 Å². The van der Waals surface area contributed by atoms with Crippen LogP contribution in [0.5, 0.6) is 0 Å². The molecule has 1 unspecified atom stereocenters. The lowest BCUT2D eigenvalue weighted by atomic mass is 10.2. The van der Waals surface area contributed by atoms with Gasteiger partial charge in [0.05, 0.1) is 24.5 Å². The number of H-pyrrole nitrogens is 1. The minimum atomic E-state index is -0.371. The van der Waals surface area contributed by atoms with E-state index in [4.69, 9.17) is 4.74 Å². The van der Waals surface area contributed by atoms with Gasteiger partial charge in [-0.25, -0.2) is 0 Å². The molecule has 1 amide bonds. The van der Waals surface area contributed by atoms with Crippen LogP contribution in [0.2, 0.25) is 0 Å². The molecule has 3 rings (SSSR count). The molecule has 0 radical (unpaired) electrons. The monoisotopic (exact) mass is 288 g/mol. The van der Waals surface area contributed by atoms with Crippen LogP contribution >= 0.6 is 0 Å². The van der Waals surface area contributed by atoms with Crippen LogP contribution in [0.15, 0.2) is 35.4 Å². The van der Waals surface area contributed by atoms with Crippen LogP contribution in [0, 0.1) is 0 Å². The molecule has 1 saturated heterocycles. The molecule has 1 atom stereocenters. The van der Waals surface area contributed by atoms with E-state index in [0.717, 1.165) is 19.4 Å². The second-order valence-corrected chi connectivity index (χ2v) is 4.97. The summed E-state index contributed by atoms with van der Waals surface area (Å²) in [6.07, 6.45) is 5.64. The number of aromatic nitrogens is 3. The normalized spacial score (nSPS) is 17.8. The number of anilines is 1. The smallest absolute Gasteiger partial charge is 0.272 e. The first-order valence-electron chi connectivity index (χ1n) is 6.85. The van der Waals surface area contributed by atoms with Crippen molar-refractivity contribution in [3.05, 3.63) is 46.6 Å². The molecule has 0 aliphatic carbocycles. The van der Waals surface area contributed by atoms with Crippen molar-refractivity contribution in [3.8, 4) is 0 Å². The molecule has 0 spiro atoms. The van der Waals surface area contributed by atoms with Crippen LogP contribution in [0.3, 0.4) is 0 Å². The number of rotatable bonds is 4. The number of ether oxygens (including phenoxy) is 1. The number of carbonyl (C=O) groups is 1. The van der Waals surface area contributed by atoms with Crippen molar-refractivity contribution < 1.29 is 9.53 Å². The van der Waals surface area contributed by atoms with Crippen molar-refractivity contribution in [2.24, 2.45) is 0 Å². The number of aromatic amines is 1. The largest absolute Gasteiger partial charge is 0.376 e. The standard InChI is InChI=1S/C14H16N4O3/c19-13-5-1-4-12(17-13)14(20)16-10-7-15-18(8-10)9-11-3-2-6-21-11/h1,4-5,7-8,11H,2-3,6,9H2,(H,16,20)(H,17,19). The van der Waals surface area contributed by atoms with Gasteiger partial charge in [-0.3, -0.25) is 14.3 Å². The number of pyridine rings is 1. The second-order valence-electron chi connectivity index (χ2n) is 4.97. The zero-order valence-corrected chi connectivity index (χ0v) is 11.4. The molecule has 0 aromatic carbocycles. The maximum Gasteiger partial charge on any atom is 0.272 e. The molecule has 21 heavy (non-hydrogen) atoms. The third-order valence-corrected chi connectivity index (χ3v) is 3.32. The number of amides is 1. The fourth-order valence-electron chi connectivity index (χ4n) is 2.30. The molecule has 7 nitrogen and oxygen atoms in total. The van der Waals surface area contributed by atoms with Gasteiger partial charge in [0.2, 0.25) is 5.56 Å². The predicted octanol–water partition coefficient (Wildman–Crippen LogP) is 1.00. The maximum atomic E-state index is 12.0. The second kappa shape index (κ2) is 5.92. The molecule has 1 aliphatic heterocycles. The fourth-order valence-corrected chi connectivity index (χ4v) is 2.30. The van der Waals surface area contributed by atoms with E-state index < -0.39 is 0 Å². The van der Waals surface area contributed by atoms with Gasteiger partial charge in [-0.2, -0.15) is 5.10 Å². The molecule has 2 aromatic heterocycles. The lowest BCUT2D eigenvalue weighted by molar-refractivity contribution is 0.0940. The minimum absolute atomic E-state index is 0.193. The summed E-state index contributed by atoms with van der Waals surface area (Å²) in [7, 11) is 0. The Labute approximate surface area is 120 Å². The number of hydrogen-bond acceptors (Lipinski definition) is 4. The summed E-state index contributed by atoms with van der Waals surface area (Å²) < 4.78 is 7.29. The lowest BCUT2D eigenvalue weighted by Gasteiger charge is -2.08. The molecule has 110 valence electrons. The van der Waals surface area contributed by atoms with Crippen LogP contribution < -0.4 is 10.9 Å². The number of nitrogens with zero attached hydrogens (tertiary/aromatic N) is 2. The first kappa shape index (κ1) is 13.6. The summed E-state index contributed by atoms with van der Waals surface area (Å²) in [5, 5.41) is 6.89. The topological polar surface area (TPSA) is 89.0 Å². The number of nitrogens with one attached hydrogen (secondary N) is 2. The molecule has 2 N–H and O–H groups in total. The molecule has 1 aliphatic rings. The summed E-state index contributed by atoms with van der Waals surface area (Å²) >= 11 is 0. The Bertz CT molecular complexity index is 685. The van der Waals surface area contributed by atoms with E-state index in [1.54, 1.807) is 23.1 Å². The molecular weight excluding hydrogens is 272 g/mol. The average Bonchev–Trinajstić information content (AvgIpc) is 3.11. The Balaban J connectivity index is 1.63. The molecular formula is C14H16N4O3. The summed E-state index contributed by atoms with van der Waals surface area (Å²) in [4.78, 5) is 25.6. The first-order chi connectivity index (χ1) is 10.2.